The molecule has 2 atom stereocenters. The Balaban J connectivity index is 1.38. The van der Waals surface area contributed by atoms with Crippen molar-refractivity contribution in [2.75, 3.05) is 26.4 Å². The van der Waals surface area contributed by atoms with Crippen LogP contribution in [0.3, 0.4) is 0 Å². The summed E-state index contributed by atoms with van der Waals surface area (Å²) in [5.41, 5.74) is 1.79. The van der Waals surface area contributed by atoms with Crippen molar-refractivity contribution in [1.29, 1.82) is 0 Å². The van der Waals surface area contributed by atoms with Crippen molar-refractivity contribution in [3.63, 3.8) is 0 Å². The van der Waals surface area contributed by atoms with Crippen molar-refractivity contribution < 1.29 is 9.47 Å². The fourth-order valence-corrected chi connectivity index (χ4v) is 4.76. The van der Waals surface area contributed by atoms with Crippen molar-refractivity contribution in [3.8, 4) is 0 Å². The molecule has 2 fully saturated rings. The van der Waals surface area contributed by atoms with Crippen LogP contribution in [0.4, 0.5) is 0 Å². The smallest absolute Gasteiger partial charge is 0.0742 e. The third-order valence-corrected chi connectivity index (χ3v) is 6.27. The van der Waals surface area contributed by atoms with Gasteiger partial charge in [-0.15, -0.1) is 0 Å². The molecule has 3 heteroatoms. The van der Waals surface area contributed by atoms with Gasteiger partial charge in [-0.05, 0) is 50.5 Å². The molecule has 2 heterocycles. The van der Waals surface area contributed by atoms with Gasteiger partial charge < -0.3 is 14.8 Å². The van der Waals surface area contributed by atoms with Crippen LogP contribution in [0.25, 0.3) is 0 Å². The van der Waals surface area contributed by atoms with E-state index in [4.69, 9.17) is 9.47 Å². The first-order chi connectivity index (χ1) is 12.3. The van der Waals surface area contributed by atoms with E-state index in [1.54, 1.807) is 0 Å². The minimum absolute atomic E-state index is 0.0882. The lowest BCUT2D eigenvalue weighted by atomic mass is 9.74. The van der Waals surface area contributed by atoms with Gasteiger partial charge in [0.05, 0.1) is 12.2 Å². The van der Waals surface area contributed by atoms with Crippen molar-refractivity contribution >= 4 is 0 Å². The molecule has 0 bridgehead atoms. The average Bonchev–Trinajstić information content (AvgIpc) is 3.05. The highest BCUT2D eigenvalue weighted by atomic mass is 16.5. The highest BCUT2D eigenvalue weighted by Crippen LogP contribution is 2.37. The standard InChI is InChI=1S/C22H31NO2/c1-3-7-19(8-4-1)15-21(9-5-2-6-10-21)18-23-20-16-22(25-17-20)11-13-24-14-12-22/h1,3-5,7-9,20,23H,2,6,10-18H2. The molecule has 2 unspecified atom stereocenters. The second-order valence-electron chi connectivity index (χ2n) is 8.21. The first-order valence-corrected chi connectivity index (χ1v) is 9.94. The quantitative estimate of drug-likeness (QED) is 0.825. The van der Waals surface area contributed by atoms with E-state index in [9.17, 15) is 0 Å². The van der Waals surface area contributed by atoms with Crippen LogP contribution in [0.15, 0.2) is 42.5 Å². The molecule has 136 valence electrons. The van der Waals surface area contributed by atoms with Gasteiger partial charge in [-0.2, -0.15) is 0 Å². The summed E-state index contributed by atoms with van der Waals surface area (Å²) in [5, 5.41) is 3.87. The molecule has 2 aliphatic heterocycles. The Bertz CT molecular complexity index is 579. The van der Waals surface area contributed by atoms with E-state index in [1.807, 2.05) is 0 Å². The summed E-state index contributed by atoms with van der Waals surface area (Å²) in [5.74, 6) is 0. The summed E-state index contributed by atoms with van der Waals surface area (Å²) >= 11 is 0. The highest BCUT2D eigenvalue weighted by molar-refractivity contribution is 5.20. The van der Waals surface area contributed by atoms with Crippen LogP contribution in [0.1, 0.15) is 44.1 Å². The van der Waals surface area contributed by atoms with E-state index in [0.717, 1.165) is 52.0 Å². The van der Waals surface area contributed by atoms with Gasteiger partial charge in [0, 0.05) is 31.2 Å². The monoisotopic (exact) mass is 341 g/mol. The molecule has 1 aromatic rings. The molecule has 1 spiro atoms. The van der Waals surface area contributed by atoms with Crippen molar-refractivity contribution in [3.05, 3.63) is 48.0 Å². The number of ether oxygens (including phenoxy) is 2. The first kappa shape index (κ1) is 17.3. The Morgan fingerprint density at radius 3 is 2.68 bits per heavy atom. The third-order valence-electron chi connectivity index (χ3n) is 6.27. The molecule has 2 saturated heterocycles. The van der Waals surface area contributed by atoms with Crippen LogP contribution in [-0.2, 0) is 15.9 Å². The topological polar surface area (TPSA) is 30.5 Å². The second kappa shape index (κ2) is 7.61. The van der Waals surface area contributed by atoms with E-state index < -0.39 is 0 Å². The molecule has 25 heavy (non-hydrogen) atoms. The molecule has 1 aromatic carbocycles. The molecule has 0 aromatic heterocycles. The Labute approximate surface area is 151 Å². The number of rotatable bonds is 5. The van der Waals surface area contributed by atoms with Crippen LogP contribution in [0.5, 0.6) is 0 Å². The summed E-state index contributed by atoms with van der Waals surface area (Å²) in [7, 11) is 0. The minimum Gasteiger partial charge on any atom is -0.381 e. The number of allylic oxidation sites excluding steroid dienone is 1. The molecule has 1 aliphatic carbocycles. The lowest BCUT2D eigenvalue weighted by Crippen LogP contribution is -2.42. The summed E-state index contributed by atoms with van der Waals surface area (Å²) < 4.78 is 11.7. The molecule has 3 aliphatic rings. The average molecular weight is 341 g/mol. The zero-order valence-corrected chi connectivity index (χ0v) is 15.2. The van der Waals surface area contributed by atoms with Gasteiger partial charge >= 0.3 is 0 Å². The van der Waals surface area contributed by atoms with Crippen LogP contribution < -0.4 is 5.32 Å². The first-order valence-electron chi connectivity index (χ1n) is 9.94. The number of hydrogen-bond donors (Lipinski definition) is 1. The molecule has 1 N–H and O–H groups in total. The largest absolute Gasteiger partial charge is 0.381 e. The third kappa shape index (κ3) is 4.16. The lowest BCUT2D eigenvalue weighted by molar-refractivity contribution is -0.0777. The lowest BCUT2D eigenvalue weighted by Gasteiger charge is -2.35. The maximum Gasteiger partial charge on any atom is 0.0742 e. The number of nitrogens with one attached hydrogen (secondary N) is 1. The van der Waals surface area contributed by atoms with E-state index in [0.29, 0.717) is 6.04 Å². The van der Waals surface area contributed by atoms with Gasteiger partial charge in [0.25, 0.3) is 0 Å². The number of benzene rings is 1. The molecule has 3 nitrogen and oxygen atoms in total. The van der Waals surface area contributed by atoms with Gasteiger partial charge in [-0.1, -0.05) is 42.5 Å². The van der Waals surface area contributed by atoms with Crippen LogP contribution in [-0.4, -0.2) is 38.0 Å². The minimum atomic E-state index is 0.0882. The molecule has 0 radical (unpaired) electrons. The Kier molecular flexibility index (Phi) is 5.25. The SMILES string of the molecule is C1=CC(CNC2COC3(CCOCC3)C2)(Cc2ccccc2)CCC1. The normalized spacial score (nSPS) is 31.4. The fraction of sp³-hybridized carbons (Fsp3) is 0.636. The van der Waals surface area contributed by atoms with Crippen LogP contribution in [0, 0.1) is 5.41 Å². The maximum atomic E-state index is 6.22. The van der Waals surface area contributed by atoms with Gasteiger partial charge in [0.1, 0.15) is 0 Å². The Morgan fingerprint density at radius 1 is 1.08 bits per heavy atom. The molecule has 0 saturated carbocycles. The van der Waals surface area contributed by atoms with E-state index in [1.165, 1.54) is 24.8 Å². The molecule has 0 amide bonds. The maximum absolute atomic E-state index is 6.22. The van der Waals surface area contributed by atoms with Gasteiger partial charge in [-0.25, -0.2) is 0 Å². The summed E-state index contributed by atoms with van der Waals surface area (Å²) in [4.78, 5) is 0. The van der Waals surface area contributed by atoms with Crippen molar-refractivity contribution in [1.82, 2.24) is 5.32 Å². The molecular weight excluding hydrogens is 310 g/mol. The van der Waals surface area contributed by atoms with Crippen LogP contribution in [0.2, 0.25) is 0 Å². The summed E-state index contributed by atoms with van der Waals surface area (Å²) in [6.45, 7) is 3.62. The van der Waals surface area contributed by atoms with E-state index in [2.05, 4.69) is 47.8 Å². The van der Waals surface area contributed by atoms with Crippen molar-refractivity contribution in [2.24, 2.45) is 5.41 Å². The van der Waals surface area contributed by atoms with Crippen molar-refractivity contribution in [2.45, 2.75) is 56.6 Å². The predicted octanol–water partition coefficient (Wildman–Crippen LogP) is 3.88. The second-order valence-corrected chi connectivity index (χ2v) is 8.21. The van der Waals surface area contributed by atoms with Gasteiger partial charge in [-0.3, -0.25) is 0 Å². The zero-order chi connectivity index (χ0) is 17.0. The fourth-order valence-electron chi connectivity index (χ4n) is 4.76. The van der Waals surface area contributed by atoms with E-state index in [-0.39, 0.29) is 11.0 Å². The Hall–Kier alpha value is -1.16. The van der Waals surface area contributed by atoms with E-state index >= 15 is 0 Å². The summed E-state index contributed by atoms with van der Waals surface area (Å²) in [6, 6.07) is 11.4. The van der Waals surface area contributed by atoms with Crippen LogP contribution >= 0.6 is 0 Å². The highest BCUT2D eigenvalue weighted by Gasteiger charge is 2.42. The molecule has 4 rings (SSSR count). The number of hydrogen-bond acceptors (Lipinski definition) is 3. The zero-order valence-electron chi connectivity index (χ0n) is 15.2. The van der Waals surface area contributed by atoms with Gasteiger partial charge in [0.2, 0.25) is 0 Å². The Morgan fingerprint density at radius 2 is 1.92 bits per heavy atom. The predicted molar refractivity (Wildman–Crippen MR) is 101 cm³/mol. The van der Waals surface area contributed by atoms with Gasteiger partial charge in [0.15, 0.2) is 0 Å². The summed E-state index contributed by atoms with van der Waals surface area (Å²) in [6.07, 6.45) is 13.1. The molecular formula is C22H31NO2.